The molecule has 0 aromatic carbocycles. The highest BCUT2D eigenvalue weighted by molar-refractivity contribution is 4.82. The lowest BCUT2D eigenvalue weighted by Gasteiger charge is -2.30. The molecular weight excluding hydrogens is 154 g/mol. The Kier molecular flexibility index (Phi) is 2.76. The van der Waals surface area contributed by atoms with Crippen LogP contribution in [0.15, 0.2) is 0 Å². The van der Waals surface area contributed by atoms with Crippen molar-refractivity contribution in [2.45, 2.75) is 45.6 Å². The second-order valence-corrected chi connectivity index (χ2v) is 4.13. The van der Waals surface area contributed by atoms with Gasteiger partial charge in [0.25, 0.3) is 0 Å². The Hall–Kier alpha value is -0.120. The van der Waals surface area contributed by atoms with Gasteiger partial charge < -0.3 is 9.84 Å². The summed E-state index contributed by atoms with van der Waals surface area (Å²) in [5.41, 5.74) is -0.212. The number of hydrogen-bond donors (Lipinski definition) is 1. The molecule has 2 unspecified atom stereocenters. The maximum Gasteiger partial charge on any atom is 0.116 e. The first-order valence-electron chi connectivity index (χ1n) is 4.53. The number of nitrogens with zero attached hydrogens (tertiary/aromatic N) is 1. The van der Waals surface area contributed by atoms with Crippen LogP contribution in [0.25, 0.3) is 0 Å². The number of hydrogen-bond acceptors (Lipinski definition) is 3. The molecule has 3 nitrogen and oxygen atoms in total. The average Bonchev–Trinajstić information content (AvgIpc) is 2.04. The van der Waals surface area contributed by atoms with Crippen LogP contribution < -0.4 is 0 Å². The standard InChI is InChI=1S/C9H19NO2/c1-7(11)5-10-6-8(2)12-9(10,3)4/h7-8,11H,5-6H2,1-4H3. The monoisotopic (exact) mass is 173 g/mol. The molecule has 1 aliphatic heterocycles. The van der Waals surface area contributed by atoms with Crippen molar-refractivity contribution in [3.63, 3.8) is 0 Å². The van der Waals surface area contributed by atoms with E-state index in [1.807, 2.05) is 13.8 Å². The molecule has 0 radical (unpaired) electrons. The minimum Gasteiger partial charge on any atom is -0.392 e. The van der Waals surface area contributed by atoms with E-state index >= 15 is 0 Å². The van der Waals surface area contributed by atoms with Crippen LogP contribution in [0.2, 0.25) is 0 Å². The maximum atomic E-state index is 9.23. The van der Waals surface area contributed by atoms with E-state index in [1.54, 1.807) is 6.92 Å². The van der Waals surface area contributed by atoms with Gasteiger partial charge in [-0.15, -0.1) is 0 Å². The highest BCUT2D eigenvalue weighted by atomic mass is 16.5. The lowest BCUT2D eigenvalue weighted by Crippen LogP contribution is -2.42. The fraction of sp³-hybridized carbons (Fsp3) is 1.00. The Balaban J connectivity index is 2.53. The molecule has 0 aliphatic carbocycles. The second kappa shape index (κ2) is 3.32. The molecule has 0 aromatic rings. The predicted molar refractivity (Wildman–Crippen MR) is 47.9 cm³/mol. The van der Waals surface area contributed by atoms with E-state index < -0.39 is 0 Å². The summed E-state index contributed by atoms with van der Waals surface area (Å²) in [4.78, 5) is 2.17. The molecule has 3 heteroatoms. The molecule has 0 amide bonds. The van der Waals surface area contributed by atoms with Crippen molar-refractivity contribution in [1.82, 2.24) is 4.90 Å². The van der Waals surface area contributed by atoms with E-state index in [2.05, 4.69) is 11.8 Å². The molecule has 1 aliphatic rings. The van der Waals surface area contributed by atoms with E-state index in [0.29, 0.717) is 6.54 Å². The molecule has 0 aromatic heterocycles. The van der Waals surface area contributed by atoms with Crippen LogP contribution in [0, 0.1) is 0 Å². The Bertz CT molecular complexity index is 157. The smallest absolute Gasteiger partial charge is 0.116 e. The molecule has 0 saturated carbocycles. The van der Waals surface area contributed by atoms with Crippen LogP contribution in [0.4, 0.5) is 0 Å². The summed E-state index contributed by atoms with van der Waals surface area (Å²) >= 11 is 0. The highest BCUT2D eigenvalue weighted by Gasteiger charge is 2.37. The van der Waals surface area contributed by atoms with E-state index in [9.17, 15) is 5.11 Å². The van der Waals surface area contributed by atoms with E-state index in [4.69, 9.17) is 4.74 Å². The van der Waals surface area contributed by atoms with Crippen LogP contribution in [0.5, 0.6) is 0 Å². The van der Waals surface area contributed by atoms with Gasteiger partial charge in [-0.3, -0.25) is 4.90 Å². The normalized spacial score (nSPS) is 32.2. The summed E-state index contributed by atoms with van der Waals surface area (Å²) in [7, 11) is 0. The maximum absolute atomic E-state index is 9.23. The van der Waals surface area contributed by atoms with Crippen molar-refractivity contribution < 1.29 is 9.84 Å². The van der Waals surface area contributed by atoms with Crippen LogP contribution in [0.1, 0.15) is 27.7 Å². The first-order chi connectivity index (χ1) is 5.42. The van der Waals surface area contributed by atoms with Gasteiger partial charge in [0.05, 0.1) is 12.2 Å². The third-order valence-corrected chi connectivity index (χ3v) is 2.21. The van der Waals surface area contributed by atoms with Crippen molar-refractivity contribution in [3.8, 4) is 0 Å². The summed E-state index contributed by atoms with van der Waals surface area (Å²) in [6.07, 6.45) is -0.00285. The second-order valence-electron chi connectivity index (χ2n) is 4.13. The lowest BCUT2D eigenvalue weighted by atomic mass is 10.2. The van der Waals surface area contributed by atoms with Gasteiger partial charge in [0.1, 0.15) is 5.72 Å². The molecule has 1 N–H and O–H groups in total. The highest BCUT2D eigenvalue weighted by Crippen LogP contribution is 2.26. The summed E-state index contributed by atoms with van der Waals surface area (Å²) in [5.74, 6) is 0. The molecule has 72 valence electrons. The Labute approximate surface area is 74.3 Å². The molecule has 0 bridgehead atoms. The molecule has 12 heavy (non-hydrogen) atoms. The Morgan fingerprint density at radius 2 is 2.25 bits per heavy atom. The van der Waals surface area contributed by atoms with Gasteiger partial charge in [0, 0.05) is 13.1 Å². The molecule has 2 atom stereocenters. The van der Waals surface area contributed by atoms with E-state index in [1.165, 1.54) is 0 Å². The molecule has 1 fully saturated rings. The molecular formula is C9H19NO2. The summed E-state index contributed by atoms with van der Waals surface area (Å²) in [5, 5.41) is 9.23. The van der Waals surface area contributed by atoms with Crippen molar-refractivity contribution in [1.29, 1.82) is 0 Å². The minimum atomic E-state index is -0.279. The van der Waals surface area contributed by atoms with Gasteiger partial charge in [-0.25, -0.2) is 0 Å². The van der Waals surface area contributed by atoms with Crippen LogP contribution >= 0.6 is 0 Å². The van der Waals surface area contributed by atoms with Crippen LogP contribution in [-0.4, -0.2) is 41.0 Å². The van der Waals surface area contributed by atoms with Gasteiger partial charge in [-0.05, 0) is 27.7 Å². The predicted octanol–water partition coefficient (Wildman–Crippen LogP) is 0.824. The first kappa shape index (κ1) is 9.96. The summed E-state index contributed by atoms with van der Waals surface area (Å²) < 4.78 is 5.68. The van der Waals surface area contributed by atoms with Crippen LogP contribution in [-0.2, 0) is 4.74 Å². The fourth-order valence-electron chi connectivity index (χ4n) is 1.75. The van der Waals surface area contributed by atoms with Crippen LogP contribution in [0.3, 0.4) is 0 Å². The van der Waals surface area contributed by atoms with Gasteiger partial charge in [0.2, 0.25) is 0 Å². The zero-order valence-electron chi connectivity index (χ0n) is 8.37. The number of β-amino-alcohol motifs (C(OH)–C–C–N with tert-alkyl or cyclic N) is 1. The van der Waals surface area contributed by atoms with Crippen molar-refractivity contribution in [2.24, 2.45) is 0 Å². The SMILES string of the molecule is CC(O)CN1CC(C)OC1(C)C. The Morgan fingerprint density at radius 3 is 2.58 bits per heavy atom. The van der Waals surface area contributed by atoms with Crippen molar-refractivity contribution in [2.75, 3.05) is 13.1 Å². The van der Waals surface area contributed by atoms with Gasteiger partial charge >= 0.3 is 0 Å². The topological polar surface area (TPSA) is 32.7 Å². The molecule has 1 saturated heterocycles. The lowest BCUT2D eigenvalue weighted by molar-refractivity contribution is -0.0795. The zero-order chi connectivity index (χ0) is 9.35. The average molecular weight is 173 g/mol. The van der Waals surface area contributed by atoms with Crippen molar-refractivity contribution in [3.05, 3.63) is 0 Å². The first-order valence-corrected chi connectivity index (χ1v) is 4.53. The third-order valence-electron chi connectivity index (χ3n) is 2.21. The number of aliphatic hydroxyl groups excluding tert-OH is 1. The van der Waals surface area contributed by atoms with Crippen molar-refractivity contribution >= 4 is 0 Å². The molecule has 1 heterocycles. The van der Waals surface area contributed by atoms with Gasteiger partial charge in [-0.2, -0.15) is 0 Å². The number of rotatable bonds is 2. The van der Waals surface area contributed by atoms with Gasteiger partial charge in [-0.1, -0.05) is 0 Å². The summed E-state index contributed by atoms with van der Waals surface area (Å²) in [6.45, 7) is 9.55. The third kappa shape index (κ3) is 2.19. The summed E-state index contributed by atoms with van der Waals surface area (Å²) in [6, 6.07) is 0. The van der Waals surface area contributed by atoms with Gasteiger partial charge in [0.15, 0.2) is 0 Å². The van der Waals surface area contributed by atoms with E-state index in [0.717, 1.165) is 6.54 Å². The molecule has 0 spiro atoms. The van der Waals surface area contributed by atoms with E-state index in [-0.39, 0.29) is 17.9 Å². The molecule has 1 rings (SSSR count). The number of ether oxygens (including phenoxy) is 1. The number of aliphatic hydroxyl groups is 1. The minimum absolute atomic E-state index is 0.212. The largest absolute Gasteiger partial charge is 0.392 e. The fourth-order valence-corrected chi connectivity index (χ4v) is 1.75. The zero-order valence-corrected chi connectivity index (χ0v) is 8.37. The Morgan fingerprint density at radius 1 is 1.67 bits per heavy atom. The quantitative estimate of drug-likeness (QED) is 0.671.